The van der Waals surface area contributed by atoms with E-state index in [9.17, 15) is 19.2 Å². The molecule has 12 nitrogen and oxygen atoms in total. The van der Waals surface area contributed by atoms with Gasteiger partial charge in [-0.15, -0.1) is 5.10 Å². The van der Waals surface area contributed by atoms with Gasteiger partial charge in [0.2, 0.25) is 17.7 Å². The van der Waals surface area contributed by atoms with Crippen molar-refractivity contribution in [2.24, 2.45) is 0 Å². The summed E-state index contributed by atoms with van der Waals surface area (Å²) in [4.78, 5) is 55.1. The third-order valence-electron chi connectivity index (χ3n) is 6.24. The zero-order valence-electron chi connectivity index (χ0n) is 18.8. The lowest BCUT2D eigenvalue weighted by Gasteiger charge is -2.29. The van der Waals surface area contributed by atoms with Gasteiger partial charge in [-0.05, 0) is 36.2 Å². The molecule has 1 saturated heterocycles. The van der Waals surface area contributed by atoms with E-state index >= 15 is 0 Å². The van der Waals surface area contributed by atoms with Crippen molar-refractivity contribution < 1.29 is 23.6 Å². The Bertz CT molecular complexity index is 1520. The Morgan fingerprint density at radius 3 is 2.86 bits per heavy atom. The molecule has 0 aliphatic carbocycles. The first-order valence-corrected chi connectivity index (χ1v) is 11.3. The number of piperidine rings is 1. The fraction of sp³-hybridized carbons (Fsp3) is 0.208. The van der Waals surface area contributed by atoms with Crippen LogP contribution in [0.25, 0.3) is 16.8 Å². The number of benzene rings is 2. The van der Waals surface area contributed by atoms with Crippen LogP contribution in [0, 0.1) is 0 Å². The van der Waals surface area contributed by atoms with Crippen LogP contribution in [-0.4, -0.2) is 54.5 Å². The smallest absolute Gasteiger partial charge is 0.273 e. The molecule has 36 heavy (non-hydrogen) atoms. The number of nitrogens with zero attached hydrogens (tertiary/aromatic N) is 5. The minimum Gasteiger partial charge on any atom is -0.439 e. The molecule has 2 aromatic heterocycles. The van der Waals surface area contributed by atoms with E-state index in [4.69, 9.17) is 4.42 Å². The first kappa shape index (κ1) is 21.6. The third kappa shape index (κ3) is 3.78. The van der Waals surface area contributed by atoms with E-state index in [1.807, 2.05) is 18.2 Å². The molecule has 0 bridgehead atoms. The number of carbonyl (C=O) groups excluding carboxylic acids is 4. The monoisotopic (exact) mass is 485 g/mol. The molecule has 0 saturated carbocycles. The Hall–Kier alpha value is -4.87. The van der Waals surface area contributed by atoms with E-state index in [0.717, 1.165) is 5.56 Å². The first-order chi connectivity index (χ1) is 17.5. The molecule has 180 valence electrons. The van der Waals surface area contributed by atoms with Crippen LogP contribution in [0.1, 0.15) is 45.1 Å². The quantitative estimate of drug-likeness (QED) is 0.399. The highest BCUT2D eigenvalue weighted by Gasteiger charge is 2.39. The van der Waals surface area contributed by atoms with E-state index in [-0.39, 0.29) is 37.0 Å². The van der Waals surface area contributed by atoms with Crippen molar-refractivity contribution in [2.75, 3.05) is 0 Å². The van der Waals surface area contributed by atoms with E-state index in [1.165, 1.54) is 15.8 Å². The summed E-state index contributed by atoms with van der Waals surface area (Å²) in [5, 5.41) is 12.9. The van der Waals surface area contributed by atoms with E-state index in [1.54, 1.807) is 24.3 Å². The fourth-order valence-electron chi connectivity index (χ4n) is 4.42. The van der Waals surface area contributed by atoms with Gasteiger partial charge in [0.1, 0.15) is 11.6 Å². The molecule has 2 aromatic carbocycles. The number of para-hydroxylation sites is 2. The Kier molecular flexibility index (Phi) is 5.06. The summed E-state index contributed by atoms with van der Waals surface area (Å²) in [6.45, 7) is 0.367. The third-order valence-corrected chi connectivity index (χ3v) is 6.24. The number of imide groups is 1. The zero-order chi connectivity index (χ0) is 24.8. The van der Waals surface area contributed by atoms with Crippen molar-refractivity contribution in [1.82, 2.24) is 35.5 Å². The van der Waals surface area contributed by atoms with Gasteiger partial charge in [-0.3, -0.25) is 24.5 Å². The predicted molar refractivity (Wildman–Crippen MR) is 123 cm³/mol. The number of rotatable bonds is 5. The summed E-state index contributed by atoms with van der Waals surface area (Å²) in [5.74, 6) is -1.17. The molecule has 2 aliphatic rings. The van der Waals surface area contributed by atoms with Crippen molar-refractivity contribution in [3.63, 3.8) is 0 Å². The van der Waals surface area contributed by atoms with Crippen LogP contribution in [0.3, 0.4) is 0 Å². The number of carbonyl (C=O) groups is 4. The molecule has 12 heteroatoms. The van der Waals surface area contributed by atoms with Crippen LogP contribution < -0.4 is 10.6 Å². The second-order valence-corrected chi connectivity index (χ2v) is 8.55. The van der Waals surface area contributed by atoms with Gasteiger partial charge in [0.25, 0.3) is 11.8 Å². The SMILES string of the molecule is O=C1CCC(N2Cc3ccc(-n4cc(C(=O)NCc5nc6ccccc6o5)nn4)cc3C2=O)C(=O)N1. The number of oxazole rings is 1. The van der Waals surface area contributed by atoms with Crippen molar-refractivity contribution >= 4 is 34.7 Å². The summed E-state index contributed by atoms with van der Waals surface area (Å²) in [6, 6.07) is 11.8. The average molecular weight is 485 g/mol. The molecular formula is C24H19N7O5. The second kappa shape index (κ2) is 8.41. The summed E-state index contributed by atoms with van der Waals surface area (Å²) in [7, 11) is 0. The van der Waals surface area contributed by atoms with Crippen molar-refractivity contribution in [3.8, 4) is 5.69 Å². The van der Waals surface area contributed by atoms with Crippen molar-refractivity contribution in [2.45, 2.75) is 32.0 Å². The molecule has 4 aromatic rings. The van der Waals surface area contributed by atoms with Gasteiger partial charge < -0.3 is 14.6 Å². The number of fused-ring (bicyclic) bond motifs is 2. The van der Waals surface area contributed by atoms with Gasteiger partial charge in [-0.2, -0.15) is 0 Å². The normalized spacial score (nSPS) is 17.4. The Balaban J connectivity index is 1.15. The Morgan fingerprint density at radius 1 is 1.17 bits per heavy atom. The van der Waals surface area contributed by atoms with Gasteiger partial charge in [0.05, 0.1) is 18.4 Å². The maximum Gasteiger partial charge on any atom is 0.273 e. The van der Waals surface area contributed by atoms with Crippen molar-refractivity contribution in [1.29, 1.82) is 0 Å². The topological polar surface area (TPSA) is 152 Å². The minimum atomic E-state index is -0.686. The highest BCUT2D eigenvalue weighted by molar-refractivity contribution is 6.05. The molecular weight excluding hydrogens is 466 g/mol. The van der Waals surface area contributed by atoms with Gasteiger partial charge >= 0.3 is 0 Å². The fourth-order valence-corrected chi connectivity index (χ4v) is 4.42. The summed E-state index contributed by atoms with van der Waals surface area (Å²) < 4.78 is 7.00. The number of hydrogen-bond donors (Lipinski definition) is 2. The van der Waals surface area contributed by atoms with Gasteiger partial charge in [-0.1, -0.05) is 23.4 Å². The summed E-state index contributed by atoms with van der Waals surface area (Å²) >= 11 is 0. The Labute approximate surface area is 203 Å². The molecule has 2 N–H and O–H groups in total. The predicted octanol–water partition coefficient (Wildman–Crippen LogP) is 1.10. The van der Waals surface area contributed by atoms with Gasteiger partial charge in [-0.25, -0.2) is 9.67 Å². The molecule has 0 radical (unpaired) electrons. The maximum atomic E-state index is 13.0. The molecule has 2 aliphatic heterocycles. The van der Waals surface area contributed by atoms with Crippen LogP contribution in [0.2, 0.25) is 0 Å². The standard InChI is InChI=1S/C24H19N7O5/c32-20-8-7-18(23(34)27-20)30-11-13-5-6-14(9-15(13)24(30)35)31-12-17(28-29-31)22(33)25-10-21-26-16-3-1-2-4-19(16)36-21/h1-6,9,12,18H,7-8,10-11H2,(H,25,33)(H,27,32,34). The number of hydrogen-bond acceptors (Lipinski definition) is 8. The van der Waals surface area contributed by atoms with Crippen LogP contribution in [0.15, 0.2) is 53.1 Å². The molecule has 1 fully saturated rings. The molecule has 6 rings (SSSR count). The lowest BCUT2D eigenvalue weighted by atomic mass is 10.0. The maximum absolute atomic E-state index is 13.0. The lowest BCUT2D eigenvalue weighted by molar-refractivity contribution is -0.136. The van der Waals surface area contributed by atoms with Crippen LogP contribution in [0.5, 0.6) is 0 Å². The molecule has 0 spiro atoms. The number of aromatic nitrogens is 4. The summed E-state index contributed by atoms with van der Waals surface area (Å²) in [6.07, 6.45) is 1.95. The molecule has 4 heterocycles. The minimum absolute atomic E-state index is 0.0862. The van der Waals surface area contributed by atoms with E-state index in [0.29, 0.717) is 34.7 Å². The van der Waals surface area contributed by atoms with Gasteiger partial charge in [0, 0.05) is 18.5 Å². The lowest BCUT2D eigenvalue weighted by Crippen LogP contribution is -2.52. The second-order valence-electron chi connectivity index (χ2n) is 8.55. The molecule has 1 unspecified atom stereocenters. The van der Waals surface area contributed by atoms with Crippen LogP contribution in [-0.2, 0) is 22.7 Å². The highest BCUT2D eigenvalue weighted by atomic mass is 16.3. The van der Waals surface area contributed by atoms with Crippen LogP contribution >= 0.6 is 0 Å². The van der Waals surface area contributed by atoms with Crippen molar-refractivity contribution in [3.05, 3.63) is 71.4 Å². The average Bonchev–Trinajstić information content (AvgIpc) is 3.60. The van der Waals surface area contributed by atoms with E-state index in [2.05, 4.69) is 25.9 Å². The first-order valence-electron chi connectivity index (χ1n) is 11.3. The molecule has 4 amide bonds. The number of nitrogens with one attached hydrogen (secondary N) is 2. The molecule has 1 atom stereocenters. The van der Waals surface area contributed by atoms with E-state index < -0.39 is 17.9 Å². The summed E-state index contributed by atoms with van der Waals surface area (Å²) in [5.41, 5.74) is 3.17. The zero-order valence-corrected chi connectivity index (χ0v) is 18.8. The highest BCUT2D eigenvalue weighted by Crippen LogP contribution is 2.29. The Morgan fingerprint density at radius 2 is 2.03 bits per heavy atom. The van der Waals surface area contributed by atoms with Gasteiger partial charge in [0.15, 0.2) is 11.3 Å². The number of amides is 4. The van der Waals surface area contributed by atoms with Crippen LogP contribution in [0.4, 0.5) is 0 Å². The largest absolute Gasteiger partial charge is 0.439 e.